The summed E-state index contributed by atoms with van der Waals surface area (Å²) >= 11 is 0. The lowest BCUT2D eigenvalue weighted by atomic mass is 10.2. The van der Waals surface area contributed by atoms with Gasteiger partial charge in [0, 0.05) is 13.1 Å². The predicted octanol–water partition coefficient (Wildman–Crippen LogP) is 1.67. The summed E-state index contributed by atoms with van der Waals surface area (Å²) in [5, 5.41) is 15.7. The van der Waals surface area contributed by atoms with E-state index in [4.69, 9.17) is 4.74 Å². The Labute approximate surface area is 120 Å². The van der Waals surface area contributed by atoms with Crippen molar-refractivity contribution in [2.75, 3.05) is 30.3 Å². The van der Waals surface area contributed by atoms with E-state index >= 15 is 0 Å². The first-order valence-electron chi connectivity index (χ1n) is 7.24. The van der Waals surface area contributed by atoms with Crippen LogP contribution in [0.25, 0.3) is 0 Å². The lowest BCUT2D eigenvalue weighted by Gasteiger charge is -2.11. The molecule has 3 N–H and O–H groups in total. The first-order valence-corrected chi connectivity index (χ1v) is 7.24. The highest BCUT2D eigenvalue weighted by Gasteiger charge is 2.07. The van der Waals surface area contributed by atoms with Gasteiger partial charge in [-0.1, -0.05) is 13.8 Å². The molecule has 0 aliphatic carbocycles. The molecule has 0 fully saturated rings. The Kier molecular flexibility index (Phi) is 7.64. The number of nitrogens with one attached hydrogen (secondary N) is 2. The second-order valence-electron chi connectivity index (χ2n) is 4.40. The van der Waals surface area contributed by atoms with Crippen LogP contribution in [0.1, 0.15) is 40.0 Å². The molecule has 114 valence electrons. The minimum Gasteiger partial charge on any atom is -0.464 e. The Morgan fingerprint density at radius 3 is 2.25 bits per heavy atom. The first-order chi connectivity index (χ1) is 9.69. The minimum absolute atomic E-state index is 0.298. The van der Waals surface area contributed by atoms with Gasteiger partial charge < -0.3 is 20.5 Å². The molecule has 0 aromatic carbocycles. The maximum atomic E-state index is 9.52. The van der Waals surface area contributed by atoms with E-state index in [1.807, 2.05) is 13.8 Å². The first kappa shape index (κ1) is 16.4. The van der Waals surface area contributed by atoms with Gasteiger partial charge in [-0.25, -0.2) is 0 Å². The van der Waals surface area contributed by atoms with Gasteiger partial charge in [0.05, 0.1) is 12.7 Å². The Bertz CT molecular complexity index is 389. The third kappa shape index (κ3) is 6.01. The van der Waals surface area contributed by atoms with Crippen molar-refractivity contribution in [3.05, 3.63) is 0 Å². The van der Waals surface area contributed by atoms with Gasteiger partial charge in [-0.05, 0) is 26.2 Å². The van der Waals surface area contributed by atoms with E-state index in [1.54, 1.807) is 0 Å². The van der Waals surface area contributed by atoms with E-state index in [0.717, 1.165) is 19.4 Å². The number of rotatable bonds is 10. The normalized spacial score (nSPS) is 12.0. The zero-order valence-electron chi connectivity index (χ0n) is 12.5. The summed E-state index contributed by atoms with van der Waals surface area (Å²) in [6.45, 7) is 7.82. The number of ether oxygens (including phenoxy) is 1. The molecule has 1 aromatic rings. The van der Waals surface area contributed by atoms with Crippen molar-refractivity contribution in [3.63, 3.8) is 0 Å². The molecule has 20 heavy (non-hydrogen) atoms. The van der Waals surface area contributed by atoms with E-state index in [1.165, 1.54) is 0 Å². The van der Waals surface area contributed by atoms with E-state index < -0.39 is 0 Å². The quantitative estimate of drug-likeness (QED) is 0.601. The molecular formula is C13H25N5O2. The average molecular weight is 283 g/mol. The lowest BCUT2D eigenvalue weighted by molar-refractivity contribution is 0.164. The summed E-state index contributed by atoms with van der Waals surface area (Å²) in [5.74, 6) is 0.967. The number of aromatic nitrogens is 3. The number of aliphatic hydroxyl groups is 1. The highest BCUT2D eigenvalue weighted by Crippen LogP contribution is 2.11. The molecule has 0 aliphatic heterocycles. The Morgan fingerprint density at radius 1 is 1.05 bits per heavy atom. The fraction of sp³-hybridized carbons (Fsp3) is 0.769. The molecule has 1 unspecified atom stereocenters. The van der Waals surface area contributed by atoms with Gasteiger partial charge in [0.25, 0.3) is 0 Å². The largest absolute Gasteiger partial charge is 0.464 e. The van der Waals surface area contributed by atoms with Gasteiger partial charge in [0.2, 0.25) is 11.9 Å². The molecule has 0 saturated carbocycles. The van der Waals surface area contributed by atoms with Crippen LogP contribution >= 0.6 is 0 Å². The molecule has 1 aromatic heterocycles. The fourth-order valence-electron chi connectivity index (χ4n) is 1.50. The molecule has 0 spiro atoms. The molecule has 1 heterocycles. The van der Waals surface area contributed by atoms with Crippen LogP contribution in [-0.4, -0.2) is 45.9 Å². The van der Waals surface area contributed by atoms with Gasteiger partial charge in [-0.2, -0.15) is 15.0 Å². The van der Waals surface area contributed by atoms with Crippen molar-refractivity contribution in [3.8, 4) is 6.01 Å². The summed E-state index contributed by atoms with van der Waals surface area (Å²) < 4.78 is 5.32. The second kappa shape index (κ2) is 9.30. The maximum absolute atomic E-state index is 9.52. The smallest absolute Gasteiger partial charge is 0.323 e. The van der Waals surface area contributed by atoms with Gasteiger partial charge in [-0.3, -0.25) is 0 Å². The summed E-state index contributed by atoms with van der Waals surface area (Å²) in [6, 6.07) is 0.305. The van der Waals surface area contributed by atoms with Crippen molar-refractivity contribution >= 4 is 11.9 Å². The molecular weight excluding hydrogens is 258 g/mol. The Balaban J connectivity index is 2.64. The summed E-state index contributed by atoms with van der Waals surface area (Å²) in [7, 11) is 0. The van der Waals surface area contributed by atoms with Crippen LogP contribution in [-0.2, 0) is 0 Å². The van der Waals surface area contributed by atoms with Gasteiger partial charge in [-0.15, -0.1) is 0 Å². The van der Waals surface area contributed by atoms with Crippen molar-refractivity contribution in [2.24, 2.45) is 0 Å². The van der Waals surface area contributed by atoms with Crippen LogP contribution in [0.2, 0.25) is 0 Å². The molecule has 0 amide bonds. The fourth-order valence-corrected chi connectivity index (χ4v) is 1.50. The Morgan fingerprint density at radius 2 is 1.70 bits per heavy atom. The van der Waals surface area contributed by atoms with Crippen molar-refractivity contribution in [1.82, 2.24) is 15.0 Å². The maximum Gasteiger partial charge on any atom is 0.323 e. The number of aliphatic hydroxyl groups excluding tert-OH is 1. The Hall–Kier alpha value is -1.63. The zero-order chi connectivity index (χ0) is 14.8. The molecule has 0 radical (unpaired) electrons. The number of nitrogens with zero attached hydrogens (tertiary/aromatic N) is 3. The summed E-state index contributed by atoms with van der Waals surface area (Å²) in [6.07, 6.45) is 2.09. The van der Waals surface area contributed by atoms with E-state index in [9.17, 15) is 5.11 Å². The zero-order valence-corrected chi connectivity index (χ0v) is 12.5. The van der Waals surface area contributed by atoms with Crippen LogP contribution in [0.3, 0.4) is 0 Å². The number of hydrogen-bond donors (Lipinski definition) is 3. The van der Waals surface area contributed by atoms with Crippen molar-refractivity contribution in [1.29, 1.82) is 0 Å². The van der Waals surface area contributed by atoms with Crippen LogP contribution in [0.5, 0.6) is 6.01 Å². The predicted molar refractivity (Wildman–Crippen MR) is 79.2 cm³/mol. The highest BCUT2D eigenvalue weighted by molar-refractivity contribution is 5.35. The minimum atomic E-state index is -0.298. The molecule has 7 nitrogen and oxygen atoms in total. The SMILES string of the molecule is CCCNc1nc(NCCC(O)CC)nc(OCC)n1. The monoisotopic (exact) mass is 283 g/mol. The summed E-state index contributed by atoms with van der Waals surface area (Å²) in [5.41, 5.74) is 0. The second-order valence-corrected chi connectivity index (χ2v) is 4.40. The van der Waals surface area contributed by atoms with Crippen molar-refractivity contribution < 1.29 is 9.84 Å². The molecule has 7 heteroatoms. The molecule has 0 aliphatic rings. The molecule has 1 atom stereocenters. The van der Waals surface area contributed by atoms with E-state index in [0.29, 0.717) is 37.5 Å². The molecule has 0 bridgehead atoms. The molecule has 0 saturated heterocycles. The third-order valence-corrected chi connectivity index (χ3v) is 2.65. The molecule has 1 rings (SSSR count). The van der Waals surface area contributed by atoms with Gasteiger partial charge in [0.1, 0.15) is 0 Å². The van der Waals surface area contributed by atoms with Crippen LogP contribution < -0.4 is 15.4 Å². The lowest BCUT2D eigenvalue weighted by Crippen LogP contribution is -2.15. The van der Waals surface area contributed by atoms with Crippen LogP contribution in [0.4, 0.5) is 11.9 Å². The number of anilines is 2. The topological polar surface area (TPSA) is 92.2 Å². The third-order valence-electron chi connectivity index (χ3n) is 2.65. The summed E-state index contributed by atoms with van der Waals surface area (Å²) in [4.78, 5) is 12.6. The van der Waals surface area contributed by atoms with Crippen molar-refractivity contribution in [2.45, 2.75) is 46.1 Å². The van der Waals surface area contributed by atoms with Gasteiger partial charge in [0.15, 0.2) is 0 Å². The van der Waals surface area contributed by atoms with Gasteiger partial charge >= 0.3 is 6.01 Å². The average Bonchev–Trinajstić information content (AvgIpc) is 2.45. The standard InChI is InChI=1S/C13H25N5O2/c1-4-8-14-11-16-12(15-9-7-10(19)5-2)18-13(17-11)20-6-3/h10,19H,4-9H2,1-3H3,(H2,14,15,16,17,18). The highest BCUT2D eigenvalue weighted by atomic mass is 16.5. The van der Waals surface area contributed by atoms with Crippen LogP contribution in [0, 0.1) is 0 Å². The van der Waals surface area contributed by atoms with Crippen LogP contribution in [0.15, 0.2) is 0 Å². The van der Waals surface area contributed by atoms with E-state index in [2.05, 4.69) is 32.5 Å². The number of hydrogen-bond acceptors (Lipinski definition) is 7. The van der Waals surface area contributed by atoms with E-state index in [-0.39, 0.29) is 6.10 Å².